The van der Waals surface area contributed by atoms with Crippen molar-refractivity contribution in [1.82, 2.24) is 9.88 Å². The van der Waals surface area contributed by atoms with Gasteiger partial charge in [0.25, 0.3) is 5.91 Å². The third-order valence-electron chi connectivity index (χ3n) is 4.29. The second-order valence-corrected chi connectivity index (χ2v) is 7.55. The largest absolute Gasteiger partial charge is 0.490 e. The minimum absolute atomic E-state index is 0.104. The highest BCUT2D eigenvalue weighted by Gasteiger charge is 2.23. The van der Waals surface area contributed by atoms with E-state index >= 15 is 0 Å². The SMILES string of the molecule is COc1ccc(C(=O)Nc2nc(CN3CC(C)OC(C)C3)cs2)cc1[N+](=O)[O-]. The summed E-state index contributed by atoms with van der Waals surface area (Å²) < 4.78 is 10.7. The molecule has 150 valence electrons. The van der Waals surface area contributed by atoms with Gasteiger partial charge >= 0.3 is 5.69 Å². The van der Waals surface area contributed by atoms with Gasteiger partial charge in [-0.1, -0.05) is 0 Å². The number of methoxy groups -OCH3 is 1. The zero-order valence-corrected chi connectivity index (χ0v) is 16.7. The van der Waals surface area contributed by atoms with E-state index in [1.54, 1.807) is 0 Å². The van der Waals surface area contributed by atoms with Gasteiger partial charge in [-0.3, -0.25) is 25.1 Å². The quantitative estimate of drug-likeness (QED) is 0.580. The van der Waals surface area contributed by atoms with Crippen LogP contribution in [-0.4, -0.2) is 53.1 Å². The molecule has 28 heavy (non-hydrogen) atoms. The lowest BCUT2D eigenvalue weighted by atomic mass is 10.2. The smallest absolute Gasteiger partial charge is 0.311 e. The fraction of sp³-hybridized carbons (Fsp3) is 0.444. The van der Waals surface area contributed by atoms with Crippen LogP contribution < -0.4 is 10.1 Å². The molecule has 1 amide bonds. The molecule has 1 aliphatic rings. The van der Waals surface area contributed by atoms with Gasteiger partial charge in [0, 0.05) is 36.6 Å². The molecule has 1 aromatic heterocycles. The van der Waals surface area contributed by atoms with Crippen LogP contribution in [-0.2, 0) is 11.3 Å². The van der Waals surface area contributed by atoms with Crippen LogP contribution in [0.25, 0.3) is 0 Å². The van der Waals surface area contributed by atoms with Crippen molar-refractivity contribution in [3.63, 3.8) is 0 Å². The maximum absolute atomic E-state index is 12.4. The van der Waals surface area contributed by atoms with E-state index < -0.39 is 10.8 Å². The van der Waals surface area contributed by atoms with Crippen molar-refractivity contribution in [2.24, 2.45) is 0 Å². The van der Waals surface area contributed by atoms with E-state index in [2.05, 4.69) is 15.2 Å². The summed E-state index contributed by atoms with van der Waals surface area (Å²) in [5.41, 5.74) is 0.771. The average molecular weight is 406 g/mol. The Morgan fingerprint density at radius 1 is 1.43 bits per heavy atom. The van der Waals surface area contributed by atoms with E-state index in [1.807, 2.05) is 19.2 Å². The van der Waals surface area contributed by atoms with Gasteiger partial charge < -0.3 is 9.47 Å². The standard InChI is InChI=1S/C18H22N4O5S/c1-11-7-21(8-12(2)27-11)9-14-10-28-18(19-14)20-17(23)13-4-5-16(26-3)15(6-13)22(24)25/h4-6,10-12H,7-9H2,1-3H3,(H,19,20,23). The molecule has 0 bridgehead atoms. The second kappa shape index (κ2) is 8.63. The van der Waals surface area contributed by atoms with E-state index in [1.165, 1.54) is 36.6 Å². The number of ether oxygens (including phenoxy) is 2. The Hall–Kier alpha value is -2.56. The van der Waals surface area contributed by atoms with E-state index in [9.17, 15) is 14.9 Å². The summed E-state index contributed by atoms with van der Waals surface area (Å²) in [6.07, 6.45) is 0.347. The molecule has 10 heteroatoms. The van der Waals surface area contributed by atoms with Crippen LogP contribution in [0.15, 0.2) is 23.6 Å². The zero-order valence-electron chi connectivity index (χ0n) is 15.9. The summed E-state index contributed by atoms with van der Waals surface area (Å²) in [4.78, 5) is 29.7. The van der Waals surface area contributed by atoms with Gasteiger partial charge in [-0.05, 0) is 26.0 Å². The van der Waals surface area contributed by atoms with E-state index in [4.69, 9.17) is 9.47 Å². The van der Waals surface area contributed by atoms with Gasteiger partial charge in [-0.2, -0.15) is 0 Å². The number of carbonyl (C=O) groups is 1. The van der Waals surface area contributed by atoms with Crippen LogP contribution in [0.5, 0.6) is 5.75 Å². The lowest BCUT2D eigenvalue weighted by Crippen LogP contribution is -2.44. The molecule has 0 aliphatic carbocycles. The molecule has 2 atom stereocenters. The van der Waals surface area contributed by atoms with Crippen LogP contribution in [0.1, 0.15) is 29.9 Å². The van der Waals surface area contributed by atoms with Crippen LogP contribution in [0.4, 0.5) is 10.8 Å². The summed E-state index contributed by atoms with van der Waals surface area (Å²) in [6.45, 7) is 6.43. The molecule has 1 aliphatic heterocycles. The first-order valence-electron chi connectivity index (χ1n) is 8.81. The highest BCUT2D eigenvalue weighted by molar-refractivity contribution is 7.13. The Morgan fingerprint density at radius 2 is 2.14 bits per heavy atom. The molecule has 2 aromatic rings. The molecular formula is C18H22N4O5S. The minimum atomic E-state index is -0.582. The minimum Gasteiger partial charge on any atom is -0.490 e. The van der Waals surface area contributed by atoms with Crippen molar-refractivity contribution in [1.29, 1.82) is 0 Å². The Morgan fingerprint density at radius 3 is 2.79 bits per heavy atom. The topological polar surface area (TPSA) is 107 Å². The fourth-order valence-corrected chi connectivity index (χ4v) is 3.92. The lowest BCUT2D eigenvalue weighted by Gasteiger charge is -2.34. The van der Waals surface area contributed by atoms with Crippen molar-refractivity contribution in [2.75, 3.05) is 25.5 Å². The Balaban J connectivity index is 1.65. The van der Waals surface area contributed by atoms with E-state index in [0.717, 1.165) is 18.8 Å². The summed E-state index contributed by atoms with van der Waals surface area (Å²) >= 11 is 1.32. The molecule has 1 N–H and O–H groups in total. The fourth-order valence-electron chi connectivity index (χ4n) is 3.22. The van der Waals surface area contributed by atoms with Crippen LogP contribution in [0.2, 0.25) is 0 Å². The number of carbonyl (C=O) groups excluding carboxylic acids is 1. The van der Waals surface area contributed by atoms with Crippen LogP contribution in [0.3, 0.4) is 0 Å². The summed E-state index contributed by atoms with van der Waals surface area (Å²) in [6, 6.07) is 4.08. The lowest BCUT2D eigenvalue weighted by molar-refractivity contribution is -0.385. The molecule has 0 saturated carbocycles. The molecule has 2 heterocycles. The first kappa shape index (κ1) is 20.2. The number of nitrogens with one attached hydrogen (secondary N) is 1. The Kier molecular flexibility index (Phi) is 6.22. The molecular weight excluding hydrogens is 384 g/mol. The van der Waals surface area contributed by atoms with Gasteiger partial charge in [-0.25, -0.2) is 4.98 Å². The predicted molar refractivity (Wildman–Crippen MR) is 105 cm³/mol. The first-order chi connectivity index (χ1) is 13.4. The number of nitro groups is 1. The zero-order chi connectivity index (χ0) is 20.3. The molecule has 1 fully saturated rings. The normalized spacial score (nSPS) is 20.0. The van der Waals surface area contributed by atoms with Gasteiger partial charge in [0.15, 0.2) is 10.9 Å². The maximum Gasteiger partial charge on any atom is 0.311 e. The molecule has 1 saturated heterocycles. The van der Waals surface area contributed by atoms with Crippen molar-refractivity contribution in [3.05, 3.63) is 45.0 Å². The Bertz CT molecular complexity index is 861. The van der Waals surface area contributed by atoms with E-state index in [0.29, 0.717) is 11.7 Å². The van der Waals surface area contributed by atoms with Gasteiger partial charge in [0.05, 0.1) is 29.9 Å². The average Bonchev–Trinajstić information content (AvgIpc) is 3.06. The number of aromatic nitrogens is 1. The number of amides is 1. The number of hydrogen-bond acceptors (Lipinski definition) is 8. The predicted octanol–water partition coefficient (Wildman–Crippen LogP) is 2.92. The second-order valence-electron chi connectivity index (χ2n) is 6.69. The van der Waals surface area contributed by atoms with Crippen LogP contribution in [0, 0.1) is 10.1 Å². The summed E-state index contributed by atoms with van der Waals surface area (Å²) in [5.74, 6) is -0.354. The van der Waals surface area contributed by atoms with Crippen LogP contribution >= 0.6 is 11.3 Å². The third-order valence-corrected chi connectivity index (χ3v) is 5.10. The molecule has 2 unspecified atom stereocenters. The number of nitrogens with zero attached hydrogens (tertiary/aromatic N) is 3. The maximum atomic E-state index is 12.4. The van der Waals surface area contributed by atoms with E-state index in [-0.39, 0.29) is 29.2 Å². The molecule has 0 radical (unpaired) electrons. The van der Waals surface area contributed by atoms with Gasteiger partial charge in [0.2, 0.25) is 0 Å². The first-order valence-corrected chi connectivity index (χ1v) is 9.69. The highest BCUT2D eigenvalue weighted by Crippen LogP contribution is 2.28. The molecule has 0 spiro atoms. The number of rotatable bonds is 6. The number of nitro benzene ring substituents is 1. The number of hydrogen-bond donors (Lipinski definition) is 1. The van der Waals surface area contributed by atoms with Crippen molar-refractivity contribution in [3.8, 4) is 5.75 Å². The summed E-state index contributed by atoms with van der Waals surface area (Å²) in [5, 5.41) is 16.2. The highest BCUT2D eigenvalue weighted by atomic mass is 32.1. The summed E-state index contributed by atoms with van der Waals surface area (Å²) in [7, 11) is 1.34. The number of anilines is 1. The van der Waals surface area contributed by atoms with Gasteiger partial charge in [-0.15, -0.1) is 11.3 Å². The molecule has 1 aromatic carbocycles. The van der Waals surface area contributed by atoms with Crippen molar-refractivity contribution < 1.29 is 19.2 Å². The third kappa shape index (κ3) is 4.83. The molecule has 3 rings (SSSR count). The number of thiazole rings is 1. The number of morpholine rings is 1. The van der Waals surface area contributed by atoms with Gasteiger partial charge in [0.1, 0.15) is 0 Å². The Labute approximate surface area is 166 Å². The number of benzene rings is 1. The monoisotopic (exact) mass is 406 g/mol. The van der Waals surface area contributed by atoms with Crippen molar-refractivity contribution in [2.45, 2.75) is 32.6 Å². The molecule has 9 nitrogen and oxygen atoms in total. The van der Waals surface area contributed by atoms with Crippen molar-refractivity contribution >= 4 is 28.1 Å².